The summed E-state index contributed by atoms with van der Waals surface area (Å²) in [5.74, 6) is -0.786. The molecule has 0 radical (unpaired) electrons. The summed E-state index contributed by atoms with van der Waals surface area (Å²) in [4.78, 5) is 28.6. The molecule has 0 heterocycles. The lowest BCUT2D eigenvalue weighted by molar-refractivity contribution is -0.140. The second kappa shape index (κ2) is 13.2. The van der Waals surface area contributed by atoms with E-state index >= 15 is 0 Å². The molecule has 0 aliphatic rings. The van der Waals surface area contributed by atoms with E-state index in [2.05, 4.69) is 37.2 Å². The molecule has 7 nitrogen and oxygen atoms in total. The second-order valence-electron chi connectivity index (χ2n) is 8.50. The molecule has 0 unspecified atom stereocenters. The Kier molecular flexibility index (Phi) is 10.3. The zero-order chi connectivity index (χ0) is 27.0. The third-order valence-corrected chi connectivity index (χ3v) is 7.83. The number of nitrogens with zero attached hydrogens (tertiary/aromatic N) is 2. The first-order valence-corrected chi connectivity index (χ1v) is 15.1. The Morgan fingerprint density at radius 1 is 0.892 bits per heavy atom. The van der Waals surface area contributed by atoms with Crippen molar-refractivity contribution < 1.29 is 18.0 Å². The second-order valence-corrected chi connectivity index (χ2v) is 12.2. The van der Waals surface area contributed by atoms with Crippen LogP contribution < -0.4 is 9.62 Å². The van der Waals surface area contributed by atoms with E-state index in [0.29, 0.717) is 16.7 Å². The number of carbonyl (C=O) groups is 2. The Hall–Kier alpha value is -2.69. The number of rotatable bonds is 11. The minimum Gasteiger partial charge on any atom is -0.355 e. The number of halogens is 2. The SMILES string of the molecule is CCNC(=O)[C@@H](Cc1ccccc1)N(Cc1ccc(Br)cc1)C(=O)CN(c1cccc(Br)c1)S(C)(=O)=O. The highest BCUT2D eigenvalue weighted by molar-refractivity contribution is 9.10. The van der Waals surface area contributed by atoms with E-state index in [4.69, 9.17) is 0 Å². The van der Waals surface area contributed by atoms with Crippen molar-refractivity contribution in [2.24, 2.45) is 0 Å². The van der Waals surface area contributed by atoms with Gasteiger partial charge in [-0.2, -0.15) is 0 Å². The van der Waals surface area contributed by atoms with Gasteiger partial charge in [0.2, 0.25) is 21.8 Å². The Balaban J connectivity index is 2.03. The summed E-state index contributed by atoms with van der Waals surface area (Å²) in [5, 5.41) is 2.84. The summed E-state index contributed by atoms with van der Waals surface area (Å²) in [5.41, 5.74) is 2.05. The summed E-state index contributed by atoms with van der Waals surface area (Å²) in [6.07, 6.45) is 1.34. The van der Waals surface area contributed by atoms with E-state index in [1.807, 2.05) is 61.5 Å². The highest BCUT2D eigenvalue weighted by Gasteiger charge is 2.32. The highest BCUT2D eigenvalue weighted by Crippen LogP contribution is 2.23. The molecule has 3 aromatic rings. The Morgan fingerprint density at radius 3 is 2.16 bits per heavy atom. The monoisotopic (exact) mass is 649 g/mol. The number of benzene rings is 3. The predicted molar refractivity (Wildman–Crippen MR) is 154 cm³/mol. The molecule has 196 valence electrons. The number of sulfonamides is 1. The molecule has 0 aliphatic carbocycles. The maximum Gasteiger partial charge on any atom is 0.244 e. The van der Waals surface area contributed by atoms with Gasteiger partial charge in [0.15, 0.2) is 0 Å². The first kappa shape index (κ1) is 28.9. The van der Waals surface area contributed by atoms with Crippen molar-refractivity contribution in [1.29, 1.82) is 0 Å². The van der Waals surface area contributed by atoms with Gasteiger partial charge >= 0.3 is 0 Å². The van der Waals surface area contributed by atoms with Gasteiger partial charge in [-0.05, 0) is 48.4 Å². The minimum absolute atomic E-state index is 0.136. The Labute approximate surface area is 235 Å². The van der Waals surface area contributed by atoms with E-state index in [-0.39, 0.29) is 18.9 Å². The van der Waals surface area contributed by atoms with Gasteiger partial charge in [0.05, 0.1) is 11.9 Å². The van der Waals surface area contributed by atoms with Gasteiger partial charge in [-0.25, -0.2) is 8.42 Å². The zero-order valence-corrected chi connectivity index (χ0v) is 24.6. The molecule has 1 atom stereocenters. The number of carbonyl (C=O) groups excluding carboxylic acids is 2. The van der Waals surface area contributed by atoms with Crippen LogP contribution in [0.5, 0.6) is 0 Å². The molecule has 3 aromatic carbocycles. The molecule has 0 bridgehead atoms. The summed E-state index contributed by atoms with van der Waals surface area (Å²) in [6, 6.07) is 22.8. The maximum absolute atomic E-state index is 13.9. The highest BCUT2D eigenvalue weighted by atomic mass is 79.9. The summed E-state index contributed by atoms with van der Waals surface area (Å²) in [7, 11) is -3.80. The Bertz CT molecular complexity index is 1320. The van der Waals surface area contributed by atoms with Crippen LogP contribution in [0.3, 0.4) is 0 Å². The fourth-order valence-corrected chi connectivity index (χ4v) is 5.37. The van der Waals surface area contributed by atoms with Crippen molar-refractivity contribution in [3.05, 3.63) is 98.9 Å². The van der Waals surface area contributed by atoms with Gasteiger partial charge in [-0.3, -0.25) is 13.9 Å². The van der Waals surface area contributed by atoms with Crippen LogP contribution in [0.2, 0.25) is 0 Å². The zero-order valence-electron chi connectivity index (χ0n) is 20.6. The van der Waals surface area contributed by atoms with Crippen LogP contribution in [0.25, 0.3) is 0 Å². The van der Waals surface area contributed by atoms with Gasteiger partial charge in [-0.1, -0.05) is 80.4 Å². The molecule has 0 saturated heterocycles. The topological polar surface area (TPSA) is 86.8 Å². The molecular formula is C27H29Br2N3O4S. The first-order chi connectivity index (χ1) is 17.6. The summed E-state index contributed by atoms with van der Waals surface area (Å²) in [6.45, 7) is 1.91. The molecular weight excluding hydrogens is 622 g/mol. The minimum atomic E-state index is -3.80. The van der Waals surface area contributed by atoms with E-state index < -0.39 is 28.5 Å². The van der Waals surface area contributed by atoms with Crippen molar-refractivity contribution in [2.45, 2.75) is 25.9 Å². The number of amides is 2. The molecule has 37 heavy (non-hydrogen) atoms. The van der Waals surface area contributed by atoms with Crippen LogP contribution in [0.4, 0.5) is 5.69 Å². The van der Waals surface area contributed by atoms with Crippen LogP contribution in [-0.2, 0) is 32.6 Å². The van der Waals surface area contributed by atoms with Crippen LogP contribution >= 0.6 is 31.9 Å². The van der Waals surface area contributed by atoms with E-state index in [0.717, 1.165) is 26.2 Å². The van der Waals surface area contributed by atoms with Crippen molar-refractivity contribution in [1.82, 2.24) is 10.2 Å². The van der Waals surface area contributed by atoms with Gasteiger partial charge in [0.25, 0.3) is 0 Å². The number of likely N-dealkylation sites (N-methyl/N-ethyl adjacent to an activating group) is 1. The maximum atomic E-state index is 13.9. The van der Waals surface area contributed by atoms with Crippen molar-refractivity contribution in [3.8, 4) is 0 Å². The van der Waals surface area contributed by atoms with Crippen LogP contribution in [0.1, 0.15) is 18.1 Å². The molecule has 0 fully saturated rings. The molecule has 2 amide bonds. The molecule has 10 heteroatoms. The van der Waals surface area contributed by atoms with E-state index in [9.17, 15) is 18.0 Å². The molecule has 1 N–H and O–H groups in total. The molecule has 0 aliphatic heterocycles. The number of nitrogens with one attached hydrogen (secondary N) is 1. The van der Waals surface area contributed by atoms with Crippen molar-refractivity contribution in [3.63, 3.8) is 0 Å². The van der Waals surface area contributed by atoms with Crippen molar-refractivity contribution in [2.75, 3.05) is 23.7 Å². The van der Waals surface area contributed by atoms with E-state index in [1.54, 1.807) is 24.3 Å². The summed E-state index contributed by atoms with van der Waals surface area (Å²) < 4.78 is 28.1. The lowest BCUT2D eigenvalue weighted by Crippen LogP contribution is -2.53. The normalized spacial score (nSPS) is 12.0. The first-order valence-electron chi connectivity index (χ1n) is 11.7. The lowest BCUT2D eigenvalue weighted by atomic mass is 10.0. The molecule has 3 rings (SSSR count). The van der Waals surface area contributed by atoms with Gasteiger partial charge in [0.1, 0.15) is 12.6 Å². The molecule has 0 aromatic heterocycles. The third-order valence-electron chi connectivity index (χ3n) is 5.66. The van der Waals surface area contributed by atoms with E-state index in [1.165, 1.54) is 4.90 Å². The van der Waals surface area contributed by atoms with Crippen LogP contribution in [-0.4, -0.2) is 50.5 Å². The number of hydrogen-bond acceptors (Lipinski definition) is 4. The predicted octanol–water partition coefficient (Wildman–Crippen LogP) is 4.75. The quantitative estimate of drug-likeness (QED) is 0.325. The van der Waals surface area contributed by atoms with Gasteiger partial charge in [0, 0.05) is 28.5 Å². The molecule has 0 spiro atoms. The summed E-state index contributed by atoms with van der Waals surface area (Å²) >= 11 is 6.79. The standard InChI is InChI=1S/C27H29Br2N3O4S/c1-3-30-27(34)25(16-20-8-5-4-6-9-20)31(18-21-12-14-22(28)15-13-21)26(33)19-32(37(2,35)36)24-11-7-10-23(29)17-24/h4-15,17,25H,3,16,18-19H2,1-2H3,(H,30,34)/t25-/m1/s1. The van der Waals surface area contributed by atoms with Crippen LogP contribution in [0, 0.1) is 0 Å². The largest absolute Gasteiger partial charge is 0.355 e. The van der Waals surface area contributed by atoms with Crippen LogP contribution in [0.15, 0.2) is 87.8 Å². The lowest BCUT2D eigenvalue weighted by Gasteiger charge is -2.33. The average molecular weight is 651 g/mol. The fourth-order valence-electron chi connectivity index (χ4n) is 3.88. The number of anilines is 1. The average Bonchev–Trinajstić information content (AvgIpc) is 2.85. The third kappa shape index (κ3) is 8.41. The number of hydrogen-bond donors (Lipinski definition) is 1. The Morgan fingerprint density at radius 2 is 1.57 bits per heavy atom. The van der Waals surface area contributed by atoms with Gasteiger partial charge < -0.3 is 10.2 Å². The van der Waals surface area contributed by atoms with Crippen molar-refractivity contribution >= 4 is 59.4 Å². The smallest absolute Gasteiger partial charge is 0.244 e. The van der Waals surface area contributed by atoms with Gasteiger partial charge in [-0.15, -0.1) is 0 Å². The fraction of sp³-hybridized carbons (Fsp3) is 0.259. The molecule has 0 saturated carbocycles.